The molecule has 4 aliphatic carbocycles. The van der Waals surface area contributed by atoms with E-state index in [0.717, 1.165) is 19.3 Å². The van der Waals surface area contributed by atoms with E-state index in [0.29, 0.717) is 17.8 Å². The zero-order valence-corrected chi connectivity index (χ0v) is 10.6. The Morgan fingerprint density at radius 3 is 2.00 bits per heavy atom. The Bertz CT molecular complexity index is 339. The molecule has 0 aromatic heterocycles. The van der Waals surface area contributed by atoms with Gasteiger partial charge in [0.1, 0.15) is 6.61 Å². The van der Waals surface area contributed by atoms with Gasteiger partial charge < -0.3 is 9.84 Å². The highest BCUT2D eigenvalue weighted by molar-refractivity contribution is 5.78. The zero-order valence-electron chi connectivity index (χ0n) is 10.6. The monoisotopic (exact) mass is 252 g/mol. The van der Waals surface area contributed by atoms with Crippen LogP contribution in [0.25, 0.3) is 0 Å². The van der Waals surface area contributed by atoms with Crippen molar-refractivity contribution in [3.63, 3.8) is 0 Å². The fraction of sp³-hybridized carbons (Fsp3) is 0.857. The molecule has 0 aromatic rings. The second-order valence-corrected chi connectivity index (χ2v) is 6.48. The Hall–Kier alpha value is -1.06. The number of carbonyl (C=O) groups excluding carboxylic acids is 1. The van der Waals surface area contributed by atoms with E-state index in [2.05, 4.69) is 0 Å². The van der Waals surface area contributed by atoms with Crippen LogP contribution in [0.3, 0.4) is 0 Å². The first-order chi connectivity index (χ1) is 8.57. The van der Waals surface area contributed by atoms with Crippen LogP contribution in [0.5, 0.6) is 0 Å². The normalized spacial score (nSPS) is 40.8. The maximum atomic E-state index is 12.3. The van der Waals surface area contributed by atoms with E-state index in [9.17, 15) is 9.59 Å². The maximum absolute atomic E-state index is 12.3. The zero-order chi connectivity index (χ0) is 12.8. The summed E-state index contributed by atoms with van der Waals surface area (Å²) < 4.78 is 5.22. The molecule has 4 aliphatic rings. The largest absolute Gasteiger partial charge is 0.481 e. The molecular formula is C14H20O4. The Kier molecular flexibility index (Phi) is 2.83. The molecule has 0 atom stereocenters. The topological polar surface area (TPSA) is 63.6 Å². The van der Waals surface area contributed by atoms with Crippen molar-refractivity contribution in [3.8, 4) is 0 Å². The molecule has 4 saturated carbocycles. The summed E-state index contributed by atoms with van der Waals surface area (Å²) in [6.45, 7) is 0.0237. The number of hydrogen-bond acceptors (Lipinski definition) is 3. The molecule has 0 radical (unpaired) electrons. The van der Waals surface area contributed by atoms with E-state index in [1.165, 1.54) is 19.3 Å². The van der Waals surface area contributed by atoms with Gasteiger partial charge in [0.2, 0.25) is 0 Å². The first-order valence-corrected chi connectivity index (χ1v) is 6.96. The Labute approximate surface area is 107 Å². The van der Waals surface area contributed by atoms with Crippen LogP contribution < -0.4 is 0 Å². The van der Waals surface area contributed by atoms with Gasteiger partial charge >= 0.3 is 11.9 Å². The van der Waals surface area contributed by atoms with E-state index in [-0.39, 0.29) is 24.4 Å². The third-order valence-corrected chi connectivity index (χ3v) is 5.02. The van der Waals surface area contributed by atoms with Crippen LogP contribution in [0.15, 0.2) is 0 Å². The predicted molar refractivity (Wildman–Crippen MR) is 63.8 cm³/mol. The van der Waals surface area contributed by atoms with E-state index in [1.54, 1.807) is 0 Å². The SMILES string of the molecule is O=C(O)CCOC(=O)C12CC3CC(CC(C3)C1)C2. The molecule has 1 N–H and O–H groups in total. The van der Waals surface area contributed by atoms with E-state index in [4.69, 9.17) is 9.84 Å². The number of carboxylic acid groups (broad SMARTS) is 1. The van der Waals surface area contributed by atoms with Crippen LogP contribution >= 0.6 is 0 Å². The van der Waals surface area contributed by atoms with Gasteiger partial charge in [-0.1, -0.05) is 0 Å². The lowest BCUT2D eigenvalue weighted by molar-refractivity contribution is -0.172. The fourth-order valence-electron chi connectivity index (χ4n) is 4.74. The molecule has 0 unspecified atom stereocenters. The molecule has 4 bridgehead atoms. The molecule has 4 fully saturated rings. The van der Waals surface area contributed by atoms with Crippen LogP contribution in [0.2, 0.25) is 0 Å². The molecule has 0 amide bonds. The molecule has 0 heterocycles. The van der Waals surface area contributed by atoms with Crippen molar-refractivity contribution in [3.05, 3.63) is 0 Å². The van der Waals surface area contributed by atoms with Crippen LogP contribution in [-0.4, -0.2) is 23.7 Å². The number of aliphatic carboxylic acids is 1. The van der Waals surface area contributed by atoms with Gasteiger partial charge in [-0.05, 0) is 56.3 Å². The van der Waals surface area contributed by atoms with Crippen LogP contribution in [0.1, 0.15) is 44.9 Å². The van der Waals surface area contributed by atoms with Crippen molar-refractivity contribution < 1.29 is 19.4 Å². The number of hydrogen-bond donors (Lipinski definition) is 1. The van der Waals surface area contributed by atoms with E-state index in [1.807, 2.05) is 0 Å². The lowest BCUT2D eigenvalue weighted by Crippen LogP contribution is -2.50. The van der Waals surface area contributed by atoms with E-state index < -0.39 is 5.97 Å². The number of carbonyl (C=O) groups is 2. The van der Waals surface area contributed by atoms with Gasteiger partial charge in [0.15, 0.2) is 0 Å². The van der Waals surface area contributed by atoms with Crippen molar-refractivity contribution in [1.29, 1.82) is 0 Å². The van der Waals surface area contributed by atoms with Gasteiger partial charge in [-0.15, -0.1) is 0 Å². The molecule has 4 nitrogen and oxygen atoms in total. The molecule has 0 aliphatic heterocycles. The predicted octanol–water partition coefficient (Wildman–Crippen LogP) is 2.22. The Morgan fingerprint density at radius 1 is 1.06 bits per heavy atom. The summed E-state index contributed by atoms with van der Waals surface area (Å²) in [7, 11) is 0. The highest BCUT2D eigenvalue weighted by atomic mass is 16.5. The fourth-order valence-corrected chi connectivity index (χ4v) is 4.74. The first kappa shape index (κ1) is 12.0. The number of esters is 1. The summed E-state index contributed by atoms with van der Waals surface area (Å²) in [5.74, 6) is 1.10. The Morgan fingerprint density at radius 2 is 1.56 bits per heavy atom. The van der Waals surface area contributed by atoms with Gasteiger partial charge in [-0.25, -0.2) is 0 Å². The summed E-state index contributed by atoms with van der Waals surface area (Å²) >= 11 is 0. The minimum atomic E-state index is -0.909. The third kappa shape index (κ3) is 2.02. The quantitative estimate of drug-likeness (QED) is 0.779. The second kappa shape index (κ2) is 4.25. The average Bonchev–Trinajstić information content (AvgIpc) is 2.26. The van der Waals surface area contributed by atoms with Crippen LogP contribution in [-0.2, 0) is 14.3 Å². The first-order valence-electron chi connectivity index (χ1n) is 6.96. The highest BCUT2D eigenvalue weighted by Gasteiger charge is 2.55. The molecule has 0 aromatic carbocycles. The molecule has 4 rings (SSSR count). The van der Waals surface area contributed by atoms with Crippen LogP contribution in [0, 0.1) is 23.2 Å². The summed E-state index contributed by atoms with van der Waals surface area (Å²) in [6, 6.07) is 0. The number of rotatable bonds is 4. The summed E-state index contributed by atoms with van der Waals surface area (Å²) in [6.07, 6.45) is 6.73. The molecule has 0 saturated heterocycles. The number of ether oxygens (including phenoxy) is 1. The standard InChI is InChI=1S/C14H20O4/c15-12(16)1-2-18-13(17)14-6-9-3-10(7-14)5-11(4-9)8-14/h9-11H,1-8H2,(H,15,16). The molecule has 4 heteroatoms. The molecular weight excluding hydrogens is 232 g/mol. The summed E-state index contributed by atoms with van der Waals surface area (Å²) in [5.41, 5.74) is -0.257. The van der Waals surface area contributed by atoms with Crippen LogP contribution in [0.4, 0.5) is 0 Å². The van der Waals surface area contributed by atoms with Crippen molar-refractivity contribution in [2.45, 2.75) is 44.9 Å². The highest BCUT2D eigenvalue weighted by Crippen LogP contribution is 2.60. The lowest BCUT2D eigenvalue weighted by Gasteiger charge is -2.55. The Balaban J connectivity index is 1.64. The minimum absolute atomic E-state index is 0.0237. The van der Waals surface area contributed by atoms with Crippen molar-refractivity contribution in [2.75, 3.05) is 6.61 Å². The van der Waals surface area contributed by atoms with Gasteiger partial charge in [0.05, 0.1) is 11.8 Å². The van der Waals surface area contributed by atoms with Crippen molar-refractivity contribution in [2.24, 2.45) is 23.2 Å². The van der Waals surface area contributed by atoms with Gasteiger partial charge in [0.25, 0.3) is 0 Å². The van der Waals surface area contributed by atoms with Gasteiger partial charge in [-0.2, -0.15) is 0 Å². The average molecular weight is 252 g/mol. The maximum Gasteiger partial charge on any atom is 0.312 e. The van der Waals surface area contributed by atoms with Gasteiger partial charge in [0, 0.05) is 0 Å². The smallest absolute Gasteiger partial charge is 0.312 e. The molecule has 100 valence electrons. The lowest BCUT2D eigenvalue weighted by atomic mass is 9.49. The van der Waals surface area contributed by atoms with E-state index >= 15 is 0 Å². The third-order valence-electron chi connectivity index (χ3n) is 5.02. The molecule has 18 heavy (non-hydrogen) atoms. The minimum Gasteiger partial charge on any atom is -0.481 e. The van der Waals surface area contributed by atoms with Crippen molar-refractivity contribution >= 4 is 11.9 Å². The summed E-state index contributed by atoms with van der Waals surface area (Å²) in [4.78, 5) is 22.7. The number of carboxylic acids is 1. The summed E-state index contributed by atoms with van der Waals surface area (Å²) in [5, 5.41) is 8.57. The second-order valence-electron chi connectivity index (χ2n) is 6.48. The molecule has 0 spiro atoms. The van der Waals surface area contributed by atoms with Crippen molar-refractivity contribution in [1.82, 2.24) is 0 Å². The van der Waals surface area contributed by atoms with Gasteiger partial charge in [-0.3, -0.25) is 9.59 Å².